The molecule has 1 aromatic heterocycles. The first-order chi connectivity index (χ1) is 9.75. The van der Waals surface area contributed by atoms with E-state index in [0.717, 1.165) is 13.7 Å². The average molecular weight is 297 g/mol. The molecule has 0 saturated carbocycles. The molecule has 0 amide bonds. The van der Waals surface area contributed by atoms with Crippen LogP contribution in [0.2, 0.25) is 0 Å². The zero-order valence-electron chi connectivity index (χ0n) is 14.0. The van der Waals surface area contributed by atoms with Crippen molar-refractivity contribution < 1.29 is 0 Å². The summed E-state index contributed by atoms with van der Waals surface area (Å²) in [5.41, 5.74) is -2.39. The van der Waals surface area contributed by atoms with Gasteiger partial charge in [0.15, 0.2) is 0 Å². The van der Waals surface area contributed by atoms with E-state index in [9.17, 15) is 14.4 Å². The molecule has 21 heavy (non-hydrogen) atoms. The van der Waals surface area contributed by atoms with Crippen molar-refractivity contribution in [2.24, 2.45) is 0 Å². The SMILES string of the molecule is C=CCn1c(=O)n(CCC)c(=O)n(C(C)(C)C)c1=O.CC. The molecule has 0 spiro atoms. The lowest BCUT2D eigenvalue weighted by Crippen LogP contribution is -2.58. The molecule has 1 rings (SSSR count). The lowest BCUT2D eigenvalue weighted by Gasteiger charge is -2.23. The van der Waals surface area contributed by atoms with Gasteiger partial charge in [0.2, 0.25) is 0 Å². The van der Waals surface area contributed by atoms with Crippen molar-refractivity contribution >= 4 is 0 Å². The number of allylic oxidation sites excluding steroid dienone is 1. The minimum Gasteiger partial charge on any atom is -0.247 e. The molecule has 0 atom stereocenters. The second kappa shape index (κ2) is 7.81. The first kappa shape index (κ1) is 19.1. The van der Waals surface area contributed by atoms with Crippen LogP contribution in [0, 0.1) is 0 Å². The van der Waals surface area contributed by atoms with Crippen LogP contribution in [-0.2, 0) is 18.6 Å². The minimum absolute atomic E-state index is 0.0950. The van der Waals surface area contributed by atoms with Gasteiger partial charge in [-0.2, -0.15) is 0 Å². The summed E-state index contributed by atoms with van der Waals surface area (Å²) in [4.78, 5) is 36.7. The van der Waals surface area contributed by atoms with E-state index in [-0.39, 0.29) is 6.54 Å². The van der Waals surface area contributed by atoms with Crippen molar-refractivity contribution in [1.29, 1.82) is 0 Å². The predicted octanol–water partition coefficient (Wildman–Crippen LogP) is 1.55. The molecule has 6 nitrogen and oxygen atoms in total. The maximum Gasteiger partial charge on any atom is 0.337 e. The van der Waals surface area contributed by atoms with E-state index >= 15 is 0 Å². The lowest BCUT2D eigenvalue weighted by atomic mass is 10.1. The molecule has 1 heterocycles. The normalized spacial score (nSPS) is 10.8. The Morgan fingerprint density at radius 3 is 1.86 bits per heavy atom. The van der Waals surface area contributed by atoms with Crippen LogP contribution in [0.3, 0.4) is 0 Å². The summed E-state index contributed by atoms with van der Waals surface area (Å²) >= 11 is 0. The molecule has 0 unspecified atom stereocenters. The Hall–Kier alpha value is -1.85. The third kappa shape index (κ3) is 4.06. The van der Waals surface area contributed by atoms with Gasteiger partial charge in [0, 0.05) is 12.1 Å². The topological polar surface area (TPSA) is 66.0 Å². The van der Waals surface area contributed by atoms with Gasteiger partial charge in [-0.05, 0) is 27.2 Å². The highest BCUT2D eigenvalue weighted by molar-refractivity contribution is 4.87. The Kier molecular flexibility index (Phi) is 7.12. The summed E-state index contributed by atoms with van der Waals surface area (Å²) in [5, 5.41) is 0. The van der Waals surface area contributed by atoms with E-state index in [1.165, 1.54) is 6.08 Å². The van der Waals surface area contributed by atoms with Gasteiger partial charge in [0.05, 0.1) is 6.54 Å². The van der Waals surface area contributed by atoms with Gasteiger partial charge in [-0.3, -0.25) is 0 Å². The van der Waals surface area contributed by atoms with E-state index in [4.69, 9.17) is 0 Å². The van der Waals surface area contributed by atoms with E-state index in [2.05, 4.69) is 6.58 Å². The summed E-state index contributed by atoms with van der Waals surface area (Å²) < 4.78 is 3.26. The molecule has 6 heteroatoms. The van der Waals surface area contributed by atoms with Crippen molar-refractivity contribution in [1.82, 2.24) is 13.7 Å². The van der Waals surface area contributed by atoms with Crippen molar-refractivity contribution in [2.45, 2.75) is 66.6 Å². The summed E-state index contributed by atoms with van der Waals surface area (Å²) in [6.07, 6.45) is 2.11. The van der Waals surface area contributed by atoms with Crippen LogP contribution in [0.5, 0.6) is 0 Å². The molecule has 0 fully saturated rings. The van der Waals surface area contributed by atoms with Crippen LogP contribution in [0.4, 0.5) is 0 Å². The fourth-order valence-electron chi connectivity index (χ4n) is 1.91. The number of nitrogens with zero attached hydrogens (tertiary/aromatic N) is 3. The van der Waals surface area contributed by atoms with Crippen molar-refractivity contribution in [3.05, 3.63) is 44.1 Å². The Morgan fingerprint density at radius 2 is 1.48 bits per heavy atom. The molecule has 0 aliphatic heterocycles. The molecule has 0 radical (unpaired) electrons. The first-order valence-electron chi connectivity index (χ1n) is 7.33. The second-order valence-corrected chi connectivity index (χ2v) is 5.40. The van der Waals surface area contributed by atoms with E-state index < -0.39 is 22.6 Å². The lowest BCUT2D eigenvalue weighted by molar-refractivity contribution is 0.322. The summed E-state index contributed by atoms with van der Waals surface area (Å²) in [7, 11) is 0. The highest BCUT2D eigenvalue weighted by Gasteiger charge is 2.23. The van der Waals surface area contributed by atoms with Gasteiger partial charge in [-0.25, -0.2) is 28.1 Å². The van der Waals surface area contributed by atoms with Crippen molar-refractivity contribution in [3.8, 4) is 0 Å². The molecular weight excluding hydrogens is 270 g/mol. The zero-order valence-corrected chi connectivity index (χ0v) is 14.0. The van der Waals surface area contributed by atoms with Gasteiger partial charge >= 0.3 is 17.1 Å². The van der Waals surface area contributed by atoms with Gasteiger partial charge in [0.1, 0.15) is 0 Å². The quantitative estimate of drug-likeness (QED) is 0.792. The first-order valence-corrected chi connectivity index (χ1v) is 7.33. The van der Waals surface area contributed by atoms with E-state index in [1.54, 1.807) is 20.8 Å². The molecule has 0 aliphatic carbocycles. The molecule has 0 bridgehead atoms. The third-order valence-corrected chi connectivity index (χ3v) is 2.74. The standard InChI is InChI=1S/C13H21N3O3.C2H6/c1-6-8-14-10(17)15(9-7-2)12(19)16(11(14)18)13(3,4)5;1-2/h6H,1,7-9H2,2-5H3;1-2H3. The largest absolute Gasteiger partial charge is 0.337 e. The summed E-state index contributed by atoms with van der Waals surface area (Å²) in [6.45, 7) is 15.1. The van der Waals surface area contributed by atoms with E-state index in [1.807, 2.05) is 20.8 Å². The Morgan fingerprint density at radius 1 is 1.00 bits per heavy atom. The van der Waals surface area contributed by atoms with Crippen LogP contribution in [0.25, 0.3) is 0 Å². The smallest absolute Gasteiger partial charge is 0.247 e. The fraction of sp³-hybridized carbons (Fsp3) is 0.667. The number of hydrogen-bond acceptors (Lipinski definition) is 3. The van der Waals surface area contributed by atoms with Crippen LogP contribution < -0.4 is 17.1 Å². The van der Waals surface area contributed by atoms with Gasteiger partial charge in [-0.1, -0.05) is 26.8 Å². The predicted molar refractivity (Wildman–Crippen MR) is 86.1 cm³/mol. The highest BCUT2D eigenvalue weighted by Crippen LogP contribution is 2.06. The Balaban J connectivity index is 0.00000191. The Labute approximate surface area is 125 Å². The van der Waals surface area contributed by atoms with Gasteiger partial charge in [0.25, 0.3) is 0 Å². The molecule has 1 aromatic rings. The van der Waals surface area contributed by atoms with Crippen LogP contribution in [-0.4, -0.2) is 13.7 Å². The second-order valence-electron chi connectivity index (χ2n) is 5.40. The molecular formula is C15H27N3O3. The number of rotatable bonds is 4. The molecule has 120 valence electrons. The maximum absolute atomic E-state index is 12.3. The molecule has 0 aliphatic rings. The maximum atomic E-state index is 12.3. The number of hydrogen-bond donors (Lipinski definition) is 0. The molecule has 0 aromatic carbocycles. The third-order valence-electron chi connectivity index (χ3n) is 2.74. The van der Waals surface area contributed by atoms with Gasteiger partial charge in [-0.15, -0.1) is 6.58 Å². The average Bonchev–Trinajstić information content (AvgIpc) is 2.40. The monoisotopic (exact) mass is 297 g/mol. The summed E-state index contributed by atoms with van der Waals surface area (Å²) in [6, 6.07) is 0. The van der Waals surface area contributed by atoms with E-state index in [0.29, 0.717) is 13.0 Å². The van der Waals surface area contributed by atoms with Crippen molar-refractivity contribution in [3.63, 3.8) is 0 Å². The minimum atomic E-state index is -0.680. The van der Waals surface area contributed by atoms with Crippen LogP contribution in [0.1, 0.15) is 48.0 Å². The van der Waals surface area contributed by atoms with Crippen LogP contribution >= 0.6 is 0 Å². The fourth-order valence-corrected chi connectivity index (χ4v) is 1.91. The molecule has 0 saturated heterocycles. The highest BCUT2D eigenvalue weighted by atomic mass is 16.2. The van der Waals surface area contributed by atoms with Crippen molar-refractivity contribution in [2.75, 3.05) is 0 Å². The summed E-state index contributed by atoms with van der Waals surface area (Å²) in [5.74, 6) is 0. The Bertz CT molecular complexity index is 642. The molecule has 0 N–H and O–H groups in total. The van der Waals surface area contributed by atoms with Crippen LogP contribution in [0.15, 0.2) is 27.0 Å². The zero-order chi connectivity index (χ0) is 16.8. The number of aromatic nitrogens is 3. The van der Waals surface area contributed by atoms with Gasteiger partial charge < -0.3 is 0 Å².